The second kappa shape index (κ2) is 9.14. The minimum absolute atomic E-state index is 0.0293. The third-order valence-corrected chi connectivity index (χ3v) is 6.55. The van der Waals surface area contributed by atoms with Crippen LogP contribution in [0.5, 0.6) is 0 Å². The van der Waals surface area contributed by atoms with Gasteiger partial charge in [0.05, 0.1) is 6.54 Å². The lowest BCUT2D eigenvalue weighted by Gasteiger charge is -2.18. The van der Waals surface area contributed by atoms with Crippen LogP contribution in [0.1, 0.15) is 31.4 Å². The molecule has 33 heavy (non-hydrogen) atoms. The van der Waals surface area contributed by atoms with Crippen LogP contribution in [0.3, 0.4) is 0 Å². The fourth-order valence-electron chi connectivity index (χ4n) is 3.85. The van der Waals surface area contributed by atoms with E-state index in [2.05, 4.69) is 30.6 Å². The summed E-state index contributed by atoms with van der Waals surface area (Å²) in [7, 11) is 0. The molecule has 2 aromatic heterocycles. The molecule has 2 N–H and O–H groups in total. The van der Waals surface area contributed by atoms with Gasteiger partial charge in [-0.2, -0.15) is 28.1 Å². The topological polar surface area (TPSA) is 102 Å². The van der Waals surface area contributed by atoms with Crippen molar-refractivity contribution in [3.05, 3.63) is 23.9 Å². The van der Waals surface area contributed by atoms with Gasteiger partial charge in [-0.3, -0.25) is 0 Å². The number of hydrogen-bond donors (Lipinski definition) is 2. The zero-order chi connectivity index (χ0) is 23.8. The number of nitrogens with one attached hydrogen (secondary N) is 2. The van der Waals surface area contributed by atoms with Gasteiger partial charge >= 0.3 is 6.18 Å². The molecule has 3 heterocycles. The lowest BCUT2D eigenvalue weighted by Crippen LogP contribution is -2.31. The fourth-order valence-corrected chi connectivity index (χ4v) is 4.61. The van der Waals surface area contributed by atoms with E-state index in [4.69, 9.17) is 0 Å². The summed E-state index contributed by atoms with van der Waals surface area (Å²) in [5, 5.41) is 5.94. The number of hydrogen-bond acceptors (Lipinski definition) is 8. The largest absolute Gasteiger partial charge is 0.598 e. The zero-order valence-electron chi connectivity index (χ0n) is 17.6. The summed E-state index contributed by atoms with van der Waals surface area (Å²) in [4.78, 5) is 16.2. The van der Waals surface area contributed by atoms with Crippen LogP contribution in [-0.2, 0) is 17.5 Å². The molecule has 4 rings (SSSR count). The van der Waals surface area contributed by atoms with Crippen molar-refractivity contribution < 1.29 is 26.5 Å². The van der Waals surface area contributed by atoms with E-state index < -0.39 is 41.6 Å². The van der Waals surface area contributed by atoms with Crippen molar-refractivity contribution in [3.63, 3.8) is 0 Å². The van der Waals surface area contributed by atoms with E-state index in [-0.39, 0.29) is 42.3 Å². The lowest BCUT2D eigenvalue weighted by molar-refractivity contribution is -0.141. The molecule has 1 saturated carbocycles. The molecule has 0 bridgehead atoms. The van der Waals surface area contributed by atoms with Gasteiger partial charge < -0.3 is 15.2 Å². The van der Waals surface area contributed by atoms with Crippen LogP contribution in [0, 0.1) is 0 Å². The maximum Gasteiger partial charge on any atom is 0.433 e. The minimum atomic E-state index is -4.65. The highest BCUT2D eigenvalue weighted by atomic mass is 32.2. The molecule has 14 heteroatoms. The summed E-state index contributed by atoms with van der Waals surface area (Å²) in [5.74, 6) is -2.88. The van der Waals surface area contributed by atoms with Gasteiger partial charge in [0.2, 0.25) is 17.8 Å². The SMILES string of the molecule is C[S+]([O-])N1CCC(Nc2nc(NC3CCC(F)(F)C3)nc(-c3cccc(C(F)(F)F)n3)n2)C1. The molecule has 2 aromatic rings. The molecule has 2 fully saturated rings. The van der Waals surface area contributed by atoms with Gasteiger partial charge in [-0.05, 0) is 25.0 Å². The van der Waals surface area contributed by atoms with Gasteiger partial charge in [-0.1, -0.05) is 6.07 Å². The van der Waals surface area contributed by atoms with E-state index >= 15 is 0 Å². The van der Waals surface area contributed by atoms with E-state index in [1.165, 1.54) is 12.1 Å². The van der Waals surface area contributed by atoms with Crippen LogP contribution >= 0.6 is 0 Å². The summed E-state index contributed by atoms with van der Waals surface area (Å²) in [6, 6.07) is 2.63. The third-order valence-electron chi connectivity index (χ3n) is 5.49. The molecular formula is C19H22F5N7OS. The van der Waals surface area contributed by atoms with Crippen LogP contribution in [0.25, 0.3) is 11.5 Å². The molecular weight excluding hydrogens is 469 g/mol. The first-order valence-corrected chi connectivity index (χ1v) is 11.8. The van der Waals surface area contributed by atoms with Gasteiger partial charge in [-0.15, -0.1) is 4.31 Å². The highest BCUT2D eigenvalue weighted by Gasteiger charge is 2.40. The average Bonchev–Trinajstić information content (AvgIpc) is 3.33. The summed E-state index contributed by atoms with van der Waals surface area (Å²) in [6.45, 7) is 1.06. The molecule has 180 valence electrons. The van der Waals surface area contributed by atoms with Crippen LogP contribution in [0.15, 0.2) is 18.2 Å². The third kappa shape index (κ3) is 5.98. The monoisotopic (exact) mass is 491 g/mol. The van der Waals surface area contributed by atoms with Crippen LogP contribution in [-0.4, -0.2) is 66.1 Å². The number of halogens is 5. The summed E-state index contributed by atoms with van der Waals surface area (Å²) < 4.78 is 80.0. The van der Waals surface area contributed by atoms with Crippen molar-refractivity contribution in [3.8, 4) is 11.5 Å². The first-order valence-electron chi connectivity index (χ1n) is 10.3. The van der Waals surface area contributed by atoms with Crippen LogP contribution in [0.2, 0.25) is 0 Å². The molecule has 1 saturated heterocycles. The van der Waals surface area contributed by atoms with Crippen molar-refractivity contribution in [1.82, 2.24) is 24.2 Å². The minimum Gasteiger partial charge on any atom is -0.598 e. The maximum atomic E-state index is 13.6. The quantitative estimate of drug-likeness (QED) is 0.469. The number of rotatable bonds is 6. The zero-order valence-corrected chi connectivity index (χ0v) is 18.4. The number of nitrogens with zero attached hydrogens (tertiary/aromatic N) is 5. The first kappa shape index (κ1) is 23.8. The molecule has 1 aliphatic heterocycles. The Morgan fingerprint density at radius 2 is 1.76 bits per heavy atom. The Morgan fingerprint density at radius 1 is 1.06 bits per heavy atom. The molecule has 2 aliphatic rings. The highest BCUT2D eigenvalue weighted by Crippen LogP contribution is 2.36. The summed E-state index contributed by atoms with van der Waals surface area (Å²) in [6.07, 6.45) is -2.88. The van der Waals surface area contributed by atoms with E-state index in [0.717, 1.165) is 6.07 Å². The van der Waals surface area contributed by atoms with Gasteiger partial charge in [-0.25, -0.2) is 13.8 Å². The number of anilines is 2. The Labute approximate surface area is 189 Å². The molecule has 0 spiro atoms. The molecule has 1 aliphatic carbocycles. The number of pyridine rings is 1. The van der Waals surface area contributed by atoms with E-state index in [0.29, 0.717) is 19.5 Å². The molecule has 8 nitrogen and oxygen atoms in total. The first-order chi connectivity index (χ1) is 15.5. The van der Waals surface area contributed by atoms with E-state index in [1.807, 2.05) is 0 Å². The van der Waals surface area contributed by atoms with Crippen molar-refractivity contribution in [2.45, 2.75) is 49.9 Å². The Balaban J connectivity index is 1.62. The van der Waals surface area contributed by atoms with Gasteiger partial charge in [0.1, 0.15) is 17.6 Å². The Hall–Kier alpha value is -2.32. The predicted molar refractivity (Wildman–Crippen MR) is 112 cm³/mol. The Bertz CT molecular complexity index is 993. The normalized spacial score (nSPS) is 24.1. The van der Waals surface area contributed by atoms with E-state index in [9.17, 15) is 26.5 Å². The van der Waals surface area contributed by atoms with Gasteiger partial charge in [0, 0.05) is 42.8 Å². The van der Waals surface area contributed by atoms with Crippen LogP contribution in [0.4, 0.5) is 33.8 Å². The van der Waals surface area contributed by atoms with Crippen LogP contribution < -0.4 is 10.6 Å². The molecule has 0 amide bonds. The van der Waals surface area contributed by atoms with Crippen molar-refractivity contribution in [2.75, 3.05) is 30.0 Å². The maximum absolute atomic E-state index is 13.6. The van der Waals surface area contributed by atoms with Crippen molar-refractivity contribution in [2.24, 2.45) is 0 Å². The second-order valence-corrected chi connectivity index (χ2v) is 9.46. The highest BCUT2D eigenvalue weighted by molar-refractivity contribution is 7.88. The lowest BCUT2D eigenvalue weighted by atomic mass is 10.2. The smallest absolute Gasteiger partial charge is 0.433 e. The predicted octanol–water partition coefficient (Wildman–Crippen LogP) is 3.33. The molecule has 3 unspecified atom stereocenters. The molecule has 0 aromatic carbocycles. The second-order valence-electron chi connectivity index (χ2n) is 8.09. The number of aromatic nitrogens is 4. The Kier molecular flexibility index (Phi) is 6.60. The van der Waals surface area contributed by atoms with Gasteiger partial charge in [0.15, 0.2) is 5.82 Å². The fraction of sp³-hybridized carbons (Fsp3) is 0.579. The van der Waals surface area contributed by atoms with E-state index in [1.54, 1.807) is 10.6 Å². The molecule has 3 atom stereocenters. The van der Waals surface area contributed by atoms with Crippen molar-refractivity contribution >= 4 is 23.3 Å². The standard InChI is InChI=1S/C19H22F5N7OS/c1-33(32)31-8-6-12(10-31)26-17-29-15(13-3-2-4-14(27-13)19(22,23)24)28-16(30-17)25-11-5-7-18(20,21)9-11/h2-4,11-12H,5-10H2,1H3,(H2,25,26,28,29,30). The number of alkyl halides is 5. The van der Waals surface area contributed by atoms with Crippen molar-refractivity contribution in [1.29, 1.82) is 0 Å². The summed E-state index contributed by atoms with van der Waals surface area (Å²) in [5.41, 5.74) is -1.23. The summed E-state index contributed by atoms with van der Waals surface area (Å²) >= 11 is -1.14. The Morgan fingerprint density at radius 3 is 2.33 bits per heavy atom. The average molecular weight is 491 g/mol. The van der Waals surface area contributed by atoms with Gasteiger partial charge in [0.25, 0.3) is 0 Å². The molecule has 0 radical (unpaired) electrons.